The lowest BCUT2D eigenvalue weighted by Gasteiger charge is -2.31. The Balaban J connectivity index is 1.94. The standard InChI is InChI=1S/C17H25F2N/c1-13(2)10-17(8-3-4-9-17)12-20-11-14-15(18)6-5-7-16(14)19/h5-7,13,20H,3-4,8-12H2,1-2H3. The molecule has 0 bridgehead atoms. The van der Waals surface area contributed by atoms with Gasteiger partial charge in [-0.1, -0.05) is 32.8 Å². The summed E-state index contributed by atoms with van der Waals surface area (Å²) >= 11 is 0. The molecule has 1 N–H and O–H groups in total. The van der Waals surface area contributed by atoms with Crippen molar-refractivity contribution >= 4 is 0 Å². The van der Waals surface area contributed by atoms with Crippen molar-refractivity contribution in [3.8, 4) is 0 Å². The summed E-state index contributed by atoms with van der Waals surface area (Å²) in [4.78, 5) is 0. The Morgan fingerprint density at radius 3 is 2.30 bits per heavy atom. The van der Waals surface area contributed by atoms with E-state index in [0.29, 0.717) is 11.3 Å². The number of hydrogen-bond acceptors (Lipinski definition) is 1. The van der Waals surface area contributed by atoms with E-state index < -0.39 is 11.6 Å². The third-order valence-electron chi connectivity index (χ3n) is 4.37. The Morgan fingerprint density at radius 2 is 1.75 bits per heavy atom. The maximum absolute atomic E-state index is 13.6. The Kier molecular flexibility index (Phi) is 5.14. The molecule has 0 atom stereocenters. The van der Waals surface area contributed by atoms with Crippen LogP contribution in [0.3, 0.4) is 0 Å². The molecule has 3 heteroatoms. The number of rotatable bonds is 6. The first kappa shape index (κ1) is 15.4. The average molecular weight is 281 g/mol. The minimum absolute atomic E-state index is 0.158. The van der Waals surface area contributed by atoms with Gasteiger partial charge in [0.1, 0.15) is 11.6 Å². The molecule has 0 aliphatic heterocycles. The van der Waals surface area contributed by atoms with E-state index in [0.717, 1.165) is 6.54 Å². The maximum Gasteiger partial charge on any atom is 0.130 e. The lowest BCUT2D eigenvalue weighted by Crippen LogP contribution is -2.33. The highest BCUT2D eigenvalue weighted by molar-refractivity contribution is 5.19. The van der Waals surface area contributed by atoms with Crippen LogP contribution in [0.4, 0.5) is 8.78 Å². The molecule has 1 aromatic carbocycles. The number of nitrogens with one attached hydrogen (secondary N) is 1. The highest BCUT2D eigenvalue weighted by Gasteiger charge is 2.33. The molecular formula is C17H25F2N. The minimum atomic E-state index is -0.457. The van der Waals surface area contributed by atoms with E-state index in [-0.39, 0.29) is 12.1 Å². The molecule has 1 aliphatic rings. The lowest BCUT2D eigenvalue weighted by atomic mass is 9.78. The third-order valence-corrected chi connectivity index (χ3v) is 4.37. The van der Waals surface area contributed by atoms with Crippen LogP contribution in [0.25, 0.3) is 0 Å². The lowest BCUT2D eigenvalue weighted by molar-refractivity contribution is 0.223. The molecule has 112 valence electrons. The zero-order valence-electron chi connectivity index (χ0n) is 12.5. The van der Waals surface area contributed by atoms with Crippen LogP contribution in [-0.4, -0.2) is 6.54 Å². The van der Waals surface area contributed by atoms with Gasteiger partial charge in [-0.15, -0.1) is 0 Å². The Morgan fingerprint density at radius 1 is 1.15 bits per heavy atom. The zero-order valence-corrected chi connectivity index (χ0v) is 12.5. The molecular weight excluding hydrogens is 256 g/mol. The average Bonchev–Trinajstić information content (AvgIpc) is 2.81. The summed E-state index contributed by atoms with van der Waals surface area (Å²) in [7, 11) is 0. The quantitative estimate of drug-likeness (QED) is 0.799. The van der Waals surface area contributed by atoms with Crippen LogP contribution >= 0.6 is 0 Å². The fraction of sp³-hybridized carbons (Fsp3) is 0.647. The molecule has 0 spiro atoms. The molecule has 1 aromatic rings. The van der Waals surface area contributed by atoms with Crippen LogP contribution in [0.15, 0.2) is 18.2 Å². The van der Waals surface area contributed by atoms with Crippen LogP contribution in [-0.2, 0) is 6.54 Å². The summed E-state index contributed by atoms with van der Waals surface area (Å²) in [6.45, 7) is 5.63. The van der Waals surface area contributed by atoms with Crippen LogP contribution in [0.5, 0.6) is 0 Å². The summed E-state index contributed by atoms with van der Waals surface area (Å²) in [5.74, 6) is -0.247. The van der Waals surface area contributed by atoms with E-state index in [2.05, 4.69) is 19.2 Å². The fourth-order valence-electron chi connectivity index (χ4n) is 3.60. The molecule has 0 unspecified atom stereocenters. The van der Waals surface area contributed by atoms with E-state index in [4.69, 9.17) is 0 Å². The largest absolute Gasteiger partial charge is 0.312 e. The van der Waals surface area contributed by atoms with E-state index in [1.165, 1.54) is 50.3 Å². The fourth-order valence-corrected chi connectivity index (χ4v) is 3.60. The van der Waals surface area contributed by atoms with E-state index >= 15 is 0 Å². The van der Waals surface area contributed by atoms with Crippen LogP contribution in [0.2, 0.25) is 0 Å². The van der Waals surface area contributed by atoms with Crippen molar-refractivity contribution in [1.82, 2.24) is 5.32 Å². The molecule has 1 saturated carbocycles. The smallest absolute Gasteiger partial charge is 0.130 e. The molecule has 0 heterocycles. The molecule has 1 nitrogen and oxygen atoms in total. The van der Waals surface area contributed by atoms with Gasteiger partial charge in [0, 0.05) is 18.7 Å². The van der Waals surface area contributed by atoms with Crippen molar-refractivity contribution in [2.75, 3.05) is 6.54 Å². The molecule has 0 aromatic heterocycles. The second-order valence-electron chi connectivity index (χ2n) is 6.61. The number of benzene rings is 1. The second-order valence-corrected chi connectivity index (χ2v) is 6.61. The first-order valence-electron chi connectivity index (χ1n) is 7.66. The van der Waals surface area contributed by atoms with Crippen molar-refractivity contribution in [3.05, 3.63) is 35.4 Å². The monoisotopic (exact) mass is 281 g/mol. The van der Waals surface area contributed by atoms with Gasteiger partial charge in [0.05, 0.1) is 0 Å². The first-order valence-corrected chi connectivity index (χ1v) is 7.66. The molecule has 2 rings (SSSR count). The molecule has 20 heavy (non-hydrogen) atoms. The van der Waals surface area contributed by atoms with Crippen molar-refractivity contribution in [2.45, 2.75) is 52.5 Å². The third kappa shape index (κ3) is 3.78. The second kappa shape index (κ2) is 6.66. The van der Waals surface area contributed by atoms with Gasteiger partial charge in [-0.05, 0) is 42.7 Å². The SMILES string of the molecule is CC(C)CC1(CNCc2c(F)cccc2F)CCCC1. The van der Waals surface area contributed by atoms with Crippen molar-refractivity contribution in [2.24, 2.45) is 11.3 Å². The number of halogens is 2. The predicted octanol–water partition coefficient (Wildman–Crippen LogP) is 4.66. The van der Waals surface area contributed by atoms with Crippen molar-refractivity contribution in [1.29, 1.82) is 0 Å². The predicted molar refractivity (Wildman–Crippen MR) is 78.4 cm³/mol. The topological polar surface area (TPSA) is 12.0 Å². The molecule has 1 aliphatic carbocycles. The first-order chi connectivity index (χ1) is 9.52. The van der Waals surface area contributed by atoms with Gasteiger partial charge in [0.2, 0.25) is 0 Å². The van der Waals surface area contributed by atoms with E-state index in [1.54, 1.807) is 0 Å². The Bertz CT molecular complexity index is 416. The zero-order chi connectivity index (χ0) is 14.6. The van der Waals surface area contributed by atoms with Crippen molar-refractivity contribution in [3.63, 3.8) is 0 Å². The minimum Gasteiger partial charge on any atom is -0.312 e. The van der Waals surface area contributed by atoms with Gasteiger partial charge in [0.15, 0.2) is 0 Å². The molecule has 0 saturated heterocycles. The van der Waals surface area contributed by atoms with Gasteiger partial charge in [-0.2, -0.15) is 0 Å². The molecule has 1 fully saturated rings. The van der Waals surface area contributed by atoms with Crippen LogP contribution in [0, 0.1) is 23.0 Å². The van der Waals surface area contributed by atoms with E-state index in [1.807, 2.05) is 0 Å². The normalized spacial score (nSPS) is 17.9. The highest BCUT2D eigenvalue weighted by atomic mass is 19.1. The maximum atomic E-state index is 13.6. The van der Waals surface area contributed by atoms with Gasteiger partial charge in [0.25, 0.3) is 0 Å². The van der Waals surface area contributed by atoms with Crippen LogP contribution < -0.4 is 5.32 Å². The summed E-state index contributed by atoms with van der Waals surface area (Å²) in [6.07, 6.45) is 6.22. The Labute approximate surface area is 120 Å². The van der Waals surface area contributed by atoms with Gasteiger partial charge >= 0.3 is 0 Å². The highest BCUT2D eigenvalue weighted by Crippen LogP contribution is 2.42. The Hall–Kier alpha value is -0.960. The summed E-state index contributed by atoms with van der Waals surface area (Å²) < 4.78 is 27.2. The molecule has 0 radical (unpaired) electrons. The summed E-state index contributed by atoms with van der Waals surface area (Å²) in [5, 5.41) is 3.29. The summed E-state index contributed by atoms with van der Waals surface area (Å²) in [6, 6.07) is 4.05. The van der Waals surface area contributed by atoms with Gasteiger partial charge < -0.3 is 5.32 Å². The van der Waals surface area contributed by atoms with E-state index in [9.17, 15) is 8.78 Å². The van der Waals surface area contributed by atoms with Gasteiger partial charge in [-0.3, -0.25) is 0 Å². The van der Waals surface area contributed by atoms with Gasteiger partial charge in [-0.25, -0.2) is 8.78 Å². The van der Waals surface area contributed by atoms with Crippen molar-refractivity contribution < 1.29 is 8.78 Å². The molecule has 0 amide bonds. The summed E-state index contributed by atoms with van der Waals surface area (Å²) in [5.41, 5.74) is 0.487. The number of hydrogen-bond donors (Lipinski definition) is 1. The van der Waals surface area contributed by atoms with Crippen LogP contribution in [0.1, 0.15) is 51.5 Å².